The van der Waals surface area contributed by atoms with E-state index in [0.29, 0.717) is 6.67 Å². The van der Waals surface area contributed by atoms with Crippen LogP contribution in [0.15, 0.2) is 0 Å². The Kier molecular flexibility index (Phi) is 2.04. The van der Waals surface area contributed by atoms with E-state index < -0.39 is 11.1 Å². The van der Waals surface area contributed by atoms with E-state index in [2.05, 4.69) is 31.9 Å². The molecule has 1 aliphatic rings. The molecule has 2 unspecified atom stereocenters. The van der Waals surface area contributed by atoms with Gasteiger partial charge >= 0.3 is 0 Å². The first-order chi connectivity index (χ1) is 4.10. The fraction of sp³-hybridized carbons (Fsp3) is 1.00. The first kappa shape index (κ1) is 7.39. The number of aliphatic hydroxyl groups is 2. The molecule has 1 heterocycles. The van der Waals surface area contributed by atoms with Crippen molar-refractivity contribution in [2.24, 2.45) is 0 Å². The predicted octanol–water partition coefficient (Wildman–Crippen LogP) is -2.00. The van der Waals surface area contributed by atoms with Gasteiger partial charge in [-0.05, 0) is 15.9 Å². The summed E-state index contributed by atoms with van der Waals surface area (Å²) in [6, 6.07) is 0. The first-order valence-electron chi connectivity index (χ1n) is 2.46. The number of aliphatic hydroxyl groups excluding tert-OH is 1. The highest BCUT2D eigenvalue weighted by Crippen LogP contribution is 2.06. The molecule has 5 N–H and O–H groups in total. The average molecular weight is 198 g/mol. The second-order valence-electron chi connectivity index (χ2n) is 1.73. The molecule has 9 heavy (non-hydrogen) atoms. The lowest BCUT2D eigenvalue weighted by Gasteiger charge is -2.32. The summed E-state index contributed by atoms with van der Waals surface area (Å²) < 4.78 is -1.35. The van der Waals surface area contributed by atoms with Crippen LogP contribution >= 0.6 is 15.9 Å². The molecule has 1 rings (SSSR count). The Morgan fingerprint density at radius 2 is 2.33 bits per heavy atom. The van der Waals surface area contributed by atoms with Crippen LogP contribution in [-0.2, 0) is 0 Å². The molecular weight excluding hydrogens is 190 g/mol. The fourth-order valence-corrected chi connectivity index (χ4v) is 0.905. The second kappa shape index (κ2) is 2.49. The minimum Gasteiger partial charge on any atom is -0.365 e. The Morgan fingerprint density at radius 1 is 1.67 bits per heavy atom. The summed E-state index contributed by atoms with van der Waals surface area (Å²) in [6.45, 7) is 0.343. The quantitative estimate of drug-likeness (QED) is 0.230. The normalized spacial score (nSPS) is 45.0. The summed E-state index contributed by atoms with van der Waals surface area (Å²) >= 11 is 2.87. The summed E-state index contributed by atoms with van der Waals surface area (Å²) in [5.41, 5.74) is 0. The molecule has 0 amide bonds. The molecule has 0 aromatic heterocycles. The lowest BCUT2D eigenvalue weighted by molar-refractivity contribution is -0.0436. The molecule has 1 fully saturated rings. The van der Waals surface area contributed by atoms with Crippen molar-refractivity contribution < 1.29 is 10.2 Å². The highest BCUT2D eigenvalue weighted by Gasteiger charge is 2.28. The van der Waals surface area contributed by atoms with Gasteiger partial charge in [-0.1, -0.05) is 0 Å². The van der Waals surface area contributed by atoms with E-state index in [0.717, 1.165) is 0 Å². The number of alkyl halides is 1. The Balaban J connectivity index is 2.41. The summed E-state index contributed by atoms with van der Waals surface area (Å²) in [5.74, 6) is 0. The Labute approximate surface area is 60.6 Å². The van der Waals surface area contributed by atoms with Crippen LogP contribution in [0, 0.1) is 0 Å². The molecule has 0 saturated carbocycles. The predicted molar refractivity (Wildman–Crippen MR) is 34.2 cm³/mol. The third-order valence-electron chi connectivity index (χ3n) is 0.946. The van der Waals surface area contributed by atoms with Crippen molar-refractivity contribution in [3.63, 3.8) is 0 Å². The van der Waals surface area contributed by atoms with Crippen molar-refractivity contribution in [2.75, 3.05) is 6.67 Å². The highest BCUT2D eigenvalue weighted by atomic mass is 79.9. The van der Waals surface area contributed by atoms with E-state index in [4.69, 9.17) is 10.2 Å². The van der Waals surface area contributed by atoms with Crippen molar-refractivity contribution in [2.45, 2.75) is 11.1 Å². The summed E-state index contributed by atoms with van der Waals surface area (Å²) in [5, 5.41) is 25.4. The zero-order valence-corrected chi connectivity index (χ0v) is 6.14. The smallest absolute Gasteiger partial charge is 0.235 e. The van der Waals surface area contributed by atoms with Crippen molar-refractivity contribution in [1.82, 2.24) is 16.0 Å². The van der Waals surface area contributed by atoms with E-state index in [-0.39, 0.29) is 0 Å². The molecule has 5 nitrogen and oxygen atoms in total. The van der Waals surface area contributed by atoms with E-state index in [1.54, 1.807) is 0 Å². The van der Waals surface area contributed by atoms with E-state index >= 15 is 0 Å². The molecule has 1 saturated heterocycles. The Morgan fingerprint density at radius 3 is 2.67 bits per heavy atom. The van der Waals surface area contributed by atoms with Gasteiger partial charge in [0.2, 0.25) is 4.76 Å². The van der Waals surface area contributed by atoms with Crippen molar-refractivity contribution in [3.05, 3.63) is 0 Å². The number of hydrogen-bond acceptors (Lipinski definition) is 5. The highest BCUT2D eigenvalue weighted by molar-refractivity contribution is 9.10. The van der Waals surface area contributed by atoms with Gasteiger partial charge in [-0.15, -0.1) is 0 Å². The standard InChI is InChI=1S/C3H8BrN3O2/c4-3(9)6-1-5-2(8)7-3/h2,5-9H,1H2. The fourth-order valence-electron chi connectivity index (χ4n) is 0.548. The van der Waals surface area contributed by atoms with E-state index in [1.165, 1.54) is 0 Å². The van der Waals surface area contributed by atoms with Crippen LogP contribution < -0.4 is 16.0 Å². The Hall–Kier alpha value is 0.280. The molecule has 54 valence electrons. The topological polar surface area (TPSA) is 76.5 Å². The number of halogens is 1. The number of hydrogen-bond donors (Lipinski definition) is 5. The zero-order valence-electron chi connectivity index (χ0n) is 4.56. The zero-order chi connectivity index (χ0) is 6.91. The van der Waals surface area contributed by atoms with Crippen LogP contribution in [0.4, 0.5) is 0 Å². The molecule has 2 atom stereocenters. The van der Waals surface area contributed by atoms with Crippen LogP contribution in [0.5, 0.6) is 0 Å². The maximum Gasteiger partial charge on any atom is 0.235 e. The molecule has 0 aliphatic carbocycles. The maximum absolute atomic E-state index is 9.04. The van der Waals surface area contributed by atoms with Gasteiger partial charge in [0.1, 0.15) is 0 Å². The van der Waals surface area contributed by atoms with Gasteiger partial charge in [-0.3, -0.25) is 10.6 Å². The van der Waals surface area contributed by atoms with Gasteiger partial charge in [0.15, 0.2) is 6.35 Å². The average Bonchev–Trinajstić information content (AvgIpc) is 1.60. The van der Waals surface area contributed by atoms with Crippen LogP contribution in [0.3, 0.4) is 0 Å². The number of rotatable bonds is 0. The first-order valence-corrected chi connectivity index (χ1v) is 3.25. The molecule has 0 spiro atoms. The van der Waals surface area contributed by atoms with Gasteiger partial charge in [-0.25, -0.2) is 5.32 Å². The van der Waals surface area contributed by atoms with Crippen LogP contribution in [0.1, 0.15) is 0 Å². The van der Waals surface area contributed by atoms with Gasteiger partial charge in [0, 0.05) is 0 Å². The lowest BCUT2D eigenvalue weighted by Crippen LogP contribution is -2.67. The van der Waals surface area contributed by atoms with Crippen LogP contribution in [-0.4, -0.2) is 28.0 Å². The minimum absolute atomic E-state index is 0.343. The van der Waals surface area contributed by atoms with E-state index in [9.17, 15) is 0 Å². The molecule has 0 aromatic rings. The molecule has 0 aromatic carbocycles. The molecule has 6 heteroatoms. The van der Waals surface area contributed by atoms with E-state index in [1.807, 2.05) is 0 Å². The van der Waals surface area contributed by atoms with Crippen molar-refractivity contribution >= 4 is 15.9 Å². The van der Waals surface area contributed by atoms with Crippen LogP contribution in [0.25, 0.3) is 0 Å². The van der Waals surface area contributed by atoms with Gasteiger partial charge in [0.05, 0.1) is 6.67 Å². The molecule has 0 radical (unpaired) electrons. The lowest BCUT2D eigenvalue weighted by atomic mass is 10.7. The monoisotopic (exact) mass is 197 g/mol. The summed E-state index contributed by atoms with van der Waals surface area (Å²) in [7, 11) is 0. The Bertz CT molecular complexity index is 109. The van der Waals surface area contributed by atoms with Crippen molar-refractivity contribution in [1.29, 1.82) is 0 Å². The van der Waals surface area contributed by atoms with Gasteiger partial charge < -0.3 is 10.2 Å². The second-order valence-corrected chi connectivity index (χ2v) is 2.87. The third kappa shape index (κ3) is 2.17. The minimum atomic E-state index is -1.35. The summed E-state index contributed by atoms with van der Waals surface area (Å²) in [6.07, 6.45) is -0.879. The maximum atomic E-state index is 9.04. The third-order valence-corrected chi connectivity index (χ3v) is 1.46. The molecule has 1 aliphatic heterocycles. The summed E-state index contributed by atoms with van der Waals surface area (Å²) in [4.78, 5) is 0. The van der Waals surface area contributed by atoms with Gasteiger partial charge in [0.25, 0.3) is 0 Å². The van der Waals surface area contributed by atoms with Crippen molar-refractivity contribution in [3.8, 4) is 0 Å². The number of nitrogens with one attached hydrogen (secondary N) is 3. The SMILES string of the molecule is OC1NCNC(O)(Br)N1. The van der Waals surface area contributed by atoms with Gasteiger partial charge in [-0.2, -0.15) is 0 Å². The van der Waals surface area contributed by atoms with Crippen LogP contribution in [0.2, 0.25) is 0 Å². The largest absolute Gasteiger partial charge is 0.365 e. The molecular formula is C3H8BrN3O2. The molecule has 0 bridgehead atoms.